The molecule has 0 unspecified atom stereocenters. The highest BCUT2D eigenvalue weighted by molar-refractivity contribution is 6.30. The SMILES string of the molecule is [CH2]c1ccc(N(C=O)Oc2ccc(Cl)cc2)cc1. The number of anilines is 1. The fourth-order valence-corrected chi connectivity index (χ4v) is 1.51. The molecule has 0 aliphatic heterocycles. The lowest BCUT2D eigenvalue weighted by molar-refractivity contribution is -0.111. The van der Waals surface area contributed by atoms with Crippen molar-refractivity contribution in [3.05, 3.63) is 66.0 Å². The van der Waals surface area contributed by atoms with Gasteiger partial charge in [0.15, 0.2) is 5.75 Å². The van der Waals surface area contributed by atoms with Crippen LogP contribution in [0.15, 0.2) is 48.5 Å². The summed E-state index contributed by atoms with van der Waals surface area (Å²) in [5, 5.41) is 1.75. The molecule has 0 saturated carbocycles. The van der Waals surface area contributed by atoms with Crippen LogP contribution in [0.2, 0.25) is 5.02 Å². The van der Waals surface area contributed by atoms with Crippen LogP contribution in [0.1, 0.15) is 5.56 Å². The fraction of sp³-hybridized carbons (Fsp3) is 0. The Labute approximate surface area is 111 Å². The van der Waals surface area contributed by atoms with Crippen molar-refractivity contribution in [1.29, 1.82) is 0 Å². The molecule has 0 aliphatic rings. The van der Waals surface area contributed by atoms with Gasteiger partial charge < -0.3 is 4.84 Å². The molecule has 0 N–H and O–H groups in total. The van der Waals surface area contributed by atoms with Crippen LogP contribution in [-0.2, 0) is 4.79 Å². The van der Waals surface area contributed by atoms with E-state index in [-0.39, 0.29) is 0 Å². The maximum atomic E-state index is 11.0. The van der Waals surface area contributed by atoms with Crippen molar-refractivity contribution >= 4 is 23.7 Å². The number of amides is 1. The zero-order valence-corrected chi connectivity index (χ0v) is 10.3. The number of nitrogens with zero attached hydrogens (tertiary/aromatic N) is 1. The third-order valence-corrected chi connectivity index (χ3v) is 2.56. The molecule has 0 fully saturated rings. The molecule has 2 aromatic rings. The van der Waals surface area contributed by atoms with Gasteiger partial charge in [0.1, 0.15) is 0 Å². The standard InChI is InChI=1S/C14H11ClNO2/c1-11-2-6-13(7-3-11)16(10-17)18-14-8-4-12(15)5-9-14/h2-10H,1H2. The first-order valence-electron chi connectivity index (χ1n) is 5.29. The maximum Gasteiger partial charge on any atom is 0.247 e. The third-order valence-electron chi connectivity index (χ3n) is 2.30. The Hall–Kier alpha value is -2.00. The summed E-state index contributed by atoms with van der Waals surface area (Å²) in [4.78, 5) is 16.5. The topological polar surface area (TPSA) is 29.5 Å². The van der Waals surface area contributed by atoms with Gasteiger partial charge in [0, 0.05) is 5.02 Å². The molecule has 2 rings (SSSR count). The van der Waals surface area contributed by atoms with Crippen molar-refractivity contribution in [3.63, 3.8) is 0 Å². The molecule has 0 bridgehead atoms. The van der Waals surface area contributed by atoms with Gasteiger partial charge in [-0.25, -0.2) is 0 Å². The highest BCUT2D eigenvalue weighted by atomic mass is 35.5. The van der Waals surface area contributed by atoms with Crippen LogP contribution in [0.3, 0.4) is 0 Å². The van der Waals surface area contributed by atoms with Gasteiger partial charge in [-0.2, -0.15) is 0 Å². The molecule has 1 amide bonds. The lowest BCUT2D eigenvalue weighted by atomic mass is 10.2. The minimum absolute atomic E-state index is 0.533. The quantitative estimate of drug-likeness (QED) is 0.622. The molecular formula is C14H11ClNO2. The molecular weight excluding hydrogens is 250 g/mol. The minimum atomic E-state index is 0.533. The summed E-state index contributed by atoms with van der Waals surface area (Å²) in [6.45, 7) is 3.78. The Morgan fingerprint density at radius 1 is 1.06 bits per heavy atom. The van der Waals surface area contributed by atoms with Crippen molar-refractivity contribution in [1.82, 2.24) is 0 Å². The molecule has 0 aromatic heterocycles. The number of carbonyl (C=O) groups is 1. The number of halogens is 1. The van der Waals surface area contributed by atoms with Gasteiger partial charge >= 0.3 is 0 Å². The average molecular weight is 261 g/mol. The molecule has 18 heavy (non-hydrogen) atoms. The van der Waals surface area contributed by atoms with E-state index in [9.17, 15) is 4.79 Å². The molecule has 0 heterocycles. The van der Waals surface area contributed by atoms with E-state index in [2.05, 4.69) is 6.92 Å². The number of rotatable bonds is 4. The van der Waals surface area contributed by atoms with E-state index in [1.54, 1.807) is 48.5 Å². The second kappa shape index (κ2) is 5.56. The predicted octanol–water partition coefficient (Wildman–Crippen LogP) is 3.48. The first-order valence-corrected chi connectivity index (χ1v) is 5.67. The van der Waals surface area contributed by atoms with Crippen LogP contribution in [0, 0.1) is 6.92 Å². The Kier molecular flexibility index (Phi) is 3.85. The summed E-state index contributed by atoms with van der Waals surface area (Å²) in [6, 6.07) is 13.9. The summed E-state index contributed by atoms with van der Waals surface area (Å²) in [6.07, 6.45) is 0.604. The first-order chi connectivity index (χ1) is 8.69. The lowest BCUT2D eigenvalue weighted by Crippen LogP contribution is -2.25. The Balaban J connectivity index is 2.16. The molecule has 1 radical (unpaired) electrons. The molecule has 0 atom stereocenters. The van der Waals surface area contributed by atoms with E-state index in [1.165, 1.54) is 0 Å². The largest absolute Gasteiger partial charge is 0.372 e. The van der Waals surface area contributed by atoms with Crippen molar-refractivity contribution in [2.45, 2.75) is 0 Å². The van der Waals surface area contributed by atoms with Gasteiger partial charge in [-0.1, -0.05) is 23.7 Å². The summed E-state index contributed by atoms with van der Waals surface area (Å²) in [5.41, 5.74) is 1.50. The number of carbonyl (C=O) groups excluding carboxylic acids is 1. The van der Waals surface area contributed by atoms with E-state index in [0.717, 1.165) is 10.6 Å². The molecule has 0 spiro atoms. The van der Waals surface area contributed by atoms with E-state index < -0.39 is 0 Å². The second-order valence-corrected chi connectivity index (χ2v) is 4.08. The zero-order chi connectivity index (χ0) is 13.0. The third kappa shape index (κ3) is 3.02. The molecule has 4 heteroatoms. The van der Waals surface area contributed by atoms with Gasteiger partial charge in [0.25, 0.3) is 0 Å². The summed E-state index contributed by atoms with van der Waals surface area (Å²) >= 11 is 5.77. The van der Waals surface area contributed by atoms with E-state index in [0.29, 0.717) is 22.9 Å². The number of hydrogen-bond acceptors (Lipinski definition) is 2. The van der Waals surface area contributed by atoms with Crippen molar-refractivity contribution in [2.75, 3.05) is 5.06 Å². The average Bonchev–Trinajstić information content (AvgIpc) is 2.39. The molecule has 0 aliphatic carbocycles. The monoisotopic (exact) mass is 260 g/mol. The molecule has 2 aromatic carbocycles. The number of hydroxylamine groups is 1. The van der Waals surface area contributed by atoms with Gasteiger partial charge in [-0.3, -0.25) is 4.79 Å². The lowest BCUT2D eigenvalue weighted by Gasteiger charge is -2.17. The highest BCUT2D eigenvalue weighted by Gasteiger charge is 2.07. The van der Waals surface area contributed by atoms with Crippen LogP contribution < -0.4 is 9.90 Å². The number of hydrogen-bond donors (Lipinski definition) is 0. The fourth-order valence-electron chi connectivity index (χ4n) is 1.39. The van der Waals surface area contributed by atoms with Crippen LogP contribution in [-0.4, -0.2) is 6.41 Å². The van der Waals surface area contributed by atoms with Crippen molar-refractivity contribution in [3.8, 4) is 5.75 Å². The number of benzene rings is 2. The van der Waals surface area contributed by atoms with E-state index in [1.807, 2.05) is 0 Å². The normalized spacial score (nSPS) is 9.89. The summed E-state index contributed by atoms with van der Waals surface area (Å²) < 4.78 is 0. The van der Waals surface area contributed by atoms with Gasteiger partial charge in [-0.15, -0.1) is 5.06 Å². The Morgan fingerprint density at radius 2 is 1.67 bits per heavy atom. The maximum absolute atomic E-state index is 11.0. The first kappa shape index (κ1) is 12.5. The van der Waals surface area contributed by atoms with Crippen LogP contribution in [0.5, 0.6) is 5.75 Å². The van der Waals surface area contributed by atoms with Crippen LogP contribution in [0.25, 0.3) is 0 Å². The summed E-state index contributed by atoms with van der Waals surface area (Å²) in [7, 11) is 0. The highest BCUT2D eigenvalue weighted by Crippen LogP contribution is 2.20. The second-order valence-electron chi connectivity index (χ2n) is 3.64. The molecule has 91 valence electrons. The van der Waals surface area contributed by atoms with Gasteiger partial charge in [0.05, 0.1) is 5.69 Å². The van der Waals surface area contributed by atoms with E-state index >= 15 is 0 Å². The van der Waals surface area contributed by atoms with Crippen LogP contribution >= 0.6 is 11.6 Å². The zero-order valence-electron chi connectivity index (χ0n) is 9.54. The van der Waals surface area contributed by atoms with Gasteiger partial charge in [-0.05, 0) is 48.9 Å². The summed E-state index contributed by atoms with van der Waals surface area (Å²) in [5.74, 6) is 0.533. The Bertz CT molecular complexity index is 522. The molecule has 3 nitrogen and oxygen atoms in total. The van der Waals surface area contributed by atoms with Crippen molar-refractivity contribution in [2.24, 2.45) is 0 Å². The smallest absolute Gasteiger partial charge is 0.247 e. The molecule has 0 saturated heterocycles. The minimum Gasteiger partial charge on any atom is -0.372 e. The van der Waals surface area contributed by atoms with Crippen LogP contribution in [0.4, 0.5) is 5.69 Å². The predicted molar refractivity (Wildman–Crippen MR) is 71.5 cm³/mol. The van der Waals surface area contributed by atoms with Gasteiger partial charge in [0.2, 0.25) is 6.41 Å². The van der Waals surface area contributed by atoms with E-state index in [4.69, 9.17) is 16.4 Å². The van der Waals surface area contributed by atoms with Crippen molar-refractivity contribution < 1.29 is 9.63 Å². The Morgan fingerprint density at radius 3 is 2.22 bits per heavy atom.